The molecule has 0 saturated carbocycles. The third-order valence-corrected chi connectivity index (χ3v) is 6.76. The molecule has 1 amide bonds. The molecule has 0 saturated heterocycles. The zero-order valence-electron chi connectivity index (χ0n) is 18.9. The van der Waals surface area contributed by atoms with Gasteiger partial charge in [-0.15, -0.1) is 0 Å². The van der Waals surface area contributed by atoms with Crippen LogP contribution < -0.4 is 14.4 Å². The predicted molar refractivity (Wildman–Crippen MR) is 132 cm³/mol. The number of methoxy groups -OCH3 is 1. The molecule has 0 bridgehead atoms. The largest absolute Gasteiger partial charge is 0.495 e. The van der Waals surface area contributed by atoms with Crippen molar-refractivity contribution >= 4 is 33.2 Å². The summed E-state index contributed by atoms with van der Waals surface area (Å²) in [7, 11) is -2.42. The highest BCUT2D eigenvalue weighted by Gasteiger charge is 2.33. The van der Waals surface area contributed by atoms with Gasteiger partial charge in [0, 0.05) is 5.02 Å². The summed E-state index contributed by atoms with van der Waals surface area (Å²) in [5.74, 6) is -0.167. The third-order valence-electron chi connectivity index (χ3n) is 5.30. The van der Waals surface area contributed by atoms with Crippen LogP contribution in [-0.2, 0) is 14.8 Å². The van der Waals surface area contributed by atoms with Crippen molar-refractivity contribution in [3.63, 3.8) is 0 Å². The molecule has 3 aromatic rings. The number of halogens is 1. The maximum atomic E-state index is 13.4. The topological polar surface area (TPSA) is 75.7 Å². The summed E-state index contributed by atoms with van der Waals surface area (Å²) in [5, 5.41) is 3.35. The Hall–Kier alpha value is -3.03. The highest BCUT2D eigenvalue weighted by Crippen LogP contribution is 2.34. The number of hydrogen-bond acceptors (Lipinski definition) is 4. The second-order valence-electron chi connectivity index (χ2n) is 7.81. The van der Waals surface area contributed by atoms with E-state index in [0.717, 1.165) is 27.3 Å². The van der Waals surface area contributed by atoms with E-state index in [-0.39, 0.29) is 5.69 Å². The monoisotopic (exact) mass is 486 g/mol. The van der Waals surface area contributed by atoms with Crippen LogP contribution in [0, 0.1) is 6.92 Å². The van der Waals surface area contributed by atoms with Gasteiger partial charge in [-0.3, -0.25) is 9.10 Å². The number of nitrogens with zero attached hydrogens (tertiary/aromatic N) is 1. The summed E-state index contributed by atoms with van der Waals surface area (Å²) in [4.78, 5) is 13.4. The maximum Gasteiger partial charge on any atom is 0.244 e. The number of sulfonamides is 1. The van der Waals surface area contributed by atoms with E-state index in [2.05, 4.69) is 5.32 Å². The molecule has 6 nitrogen and oxygen atoms in total. The van der Waals surface area contributed by atoms with Crippen LogP contribution in [0.15, 0.2) is 72.8 Å². The Labute approximate surface area is 200 Å². The first-order valence-electron chi connectivity index (χ1n) is 10.4. The summed E-state index contributed by atoms with van der Waals surface area (Å²) in [6.45, 7) is 3.53. The van der Waals surface area contributed by atoms with Crippen molar-refractivity contribution in [2.24, 2.45) is 0 Å². The Morgan fingerprint density at radius 1 is 1.00 bits per heavy atom. The molecule has 3 aromatic carbocycles. The number of carbonyl (C=O) groups is 1. The highest BCUT2D eigenvalue weighted by atomic mass is 35.5. The van der Waals surface area contributed by atoms with Gasteiger partial charge >= 0.3 is 0 Å². The minimum atomic E-state index is -3.85. The standard InChI is InChI=1S/C25H27ClN2O4S/c1-17-10-12-20(13-11-17)24(19-8-6-5-7-9-19)27-25(29)18(2)28(33(4,30)31)22-16-21(26)14-15-23(22)32-3/h5-16,18,24H,1-4H3,(H,27,29)/t18-,24-/m0/s1. The number of benzene rings is 3. The van der Waals surface area contributed by atoms with E-state index >= 15 is 0 Å². The zero-order chi connectivity index (χ0) is 24.2. The molecule has 8 heteroatoms. The number of aryl methyl sites for hydroxylation is 1. The van der Waals surface area contributed by atoms with E-state index < -0.39 is 28.0 Å². The molecule has 0 aliphatic heterocycles. The number of rotatable bonds is 8. The molecule has 0 aliphatic rings. The van der Waals surface area contributed by atoms with E-state index in [1.54, 1.807) is 12.1 Å². The second-order valence-corrected chi connectivity index (χ2v) is 10.1. The van der Waals surface area contributed by atoms with E-state index in [4.69, 9.17) is 16.3 Å². The lowest BCUT2D eigenvalue weighted by Gasteiger charge is -2.31. The van der Waals surface area contributed by atoms with Crippen molar-refractivity contribution < 1.29 is 17.9 Å². The predicted octanol–water partition coefficient (Wildman–Crippen LogP) is 4.72. The van der Waals surface area contributed by atoms with Crippen LogP contribution in [-0.4, -0.2) is 33.7 Å². The van der Waals surface area contributed by atoms with Crippen LogP contribution in [0.4, 0.5) is 5.69 Å². The van der Waals surface area contributed by atoms with Crippen molar-refractivity contribution in [1.82, 2.24) is 5.32 Å². The molecule has 0 aromatic heterocycles. The fourth-order valence-electron chi connectivity index (χ4n) is 3.64. The van der Waals surface area contributed by atoms with Gasteiger partial charge < -0.3 is 10.1 Å². The molecule has 0 fully saturated rings. The smallest absolute Gasteiger partial charge is 0.244 e. The fraction of sp³-hybridized carbons (Fsp3) is 0.240. The minimum Gasteiger partial charge on any atom is -0.495 e. The van der Waals surface area contributed by atoms with Crippen molar-refractivity contribution in [3.8, 4) is 5.75 Å². The van der Waals surface area contributed by atoms with Crippen LogP contribution in [0.3, 0.4) is 0 Å². The lowest BCUT2D eigenvalue weighted by molar-refractivity contribution is -0.122. The van der Waals surface area contributed by atoms with Gasteiger partial charge in [0.2, 0.25) is 15.9 Å². The molecule has 0 heterocycles. The zero-order valence-corrected chi connectivity index (χ0v) is 20.5. The molecule has 0 unspecified atom stereocenters. The van der Waals surface area contributed by atoms with E-state index in [1.165, 1.54) is 20.1 Å². The summed E-state index contributed by atoms with van der Waals surface area (Å²) in [6.07, 6.45) is 1.05. The fourth-order valence-corrected chi connectivity index (χ4v) is 4.98. The molecule has 1 N–H and O–H groups in total. The number of amides is 1. The van der Waals surface area contributed by atoms with E-state index in [9.17, 15) is 13.2 Å². The summed E-state index contributed by atoms with van der Waals surface area (Å²) in [6, 6.07) is 20.5. The summed E-state index contributed by atoms with van der Waals surface area (Å²) < 4.78 is 31.9. The van der Waals surface area contributed by atoms with Gasteiger partial charge in [-0.1, -0.05) is 71.8 Å². The molecular formula is C25H27ClN2O4S. The number of carbonyl (C=O) groups excluding carboxylic acids is 1. The summed E-state index contributed by atoms with van der Waals surface area (Å²) in [5.41, 5.74) is 3.06. The number of nitrogens with one attached hydrogen (secondary N) is 1. The Kier molecular flexibility index (Phi) is 7.66. The molecule has 174 valence electrons. The maximum absolute atomic E-state index is 13.4. The van der Waals surface area contributed by atoms with Crippen LogP contribution in [0.25, 0.3) is 0 Å². The number of anilines is 1. The van der Waals surface area contributed by atoms with E-state index in [1.807, 2.05) is 61.5 Å². The average Bonchev–Trinajstić information content (AvgIpc) is 2.78. The Bertz CT molecular complexity index is 1210. The van der Waals surface area contributed by atoms with Gasteiger partial charge in [-0.25, -0.2) is 8.42 Å². The van der Waals surface area contributed by atoms with Gasteiger partial charge in [0.25, 0.3) is 0 Å². The minimum absolute atomic E-state index is 0.196. The summed E-state index contributed by atoms with van der Waals surface area (Å²) >= 11 is 6.13. The first kappa shape index (κ1) is 24.6. The lowest BCUT2D eigenvalue weighted by atomic mass is 9.97. The van der Waals surface area contributed by atoms with Gasteiger partial charge in [0.05, 0.1) is 25.1 Å². The van der Waals surface area contributed by atoms with Crippen molar-refractivity contribution in [2.75, 3.05) is 17.7 Å². The number of hydrogen-bond donors (Lipinski definition) is 1. The molecular weight excluding hydrogens is 460 g/mol. The first-order chi connectivity index (χ1) is 15.6. The van der Waals surface area contributed by atoms with Gasteiger partial charge in [0.1, 0.15) is 11.8 Å². The highest BCUT2D eigenvalue weighted by molar-refractivity contribution is 7.92. The van der Waals surface area contributed by atoms with E-state index in [0.29, 0.717) is 10.8 Å². The Morgan fingerprint density at radius 3 is 2.18 bits per heavy atom. The molecule has 2 atom stereocenters. The SMILES string of the molecule is COc1ccc(Cl)cc1N([C@@H](C)C(=O)N[C@@H](c1ccccc1)c1ccc(C)cc1)S(C)(=O)=O. The molecule has 0 spiro atoms. The molecule has 3 rings (SSSR count). The molecule has 0 aliphatic carbocycles. The van der Waals surface area contributed by atoms with Crippen molar-refractivity contribution in [1.29, 1.82) is 0 Å². The van der Waals surface area contributed by atoms with Crippen LogP contribution in [0.5, 0.6) is 5.75 Å². The average molecular weight is 487 g/mol. The Balaban J connectivity index is 2.00. The Morgan fingerprint density at radius 2 is 1.61 bits per heavy atom. The third kappa shape index (κ3) is 5.86. The second kappa shape index (κ2) is 10.3. The van der Waals surface area contributed by atoms with Crippen molar-refractivity contribution in [3.05, 3.63) is 94.5 Å². The quantitative estimate of drug-likeness (QED) is 0.500. The number of ether oxygens (including phenoxy) is 1. The molecule has 0 radical (unpaired) electrons. The van der Waals surface area contributed by atoms with Crippen LogP contribution in [0.2, 0.25) is 5.02 Å². The first-order valence-corrected chi connectivity index (χ1v) is 12.6. The van der Waals surface area contributed by atoms with Gasteiger partial charge in [-0.2, -0.15) is 0 Å². The van der Waals surface area contributed by atoms with Crippen LogP contribution in [0.1, 0.15) is 29.7 Å². The van der Waals surface area contributed by atoms with Gasteiger partial charge in [0.15, 0.2) is 0 Å². The van der Waals surface area contributed by atoms with Gasteiger partial charge in [-0.05, 0) is 43.2 Å². The van der Waals surface area contributed by atoms with Crippen LogP contribution >= 0.6 is 11.6 Å². The lowest BCUT2D eigenvalue weighted by Crippen LogP contribution is -2.49. The molecule has 33 heavy (non-hydrogen) atoms. The van der Waals surface area contributed by atoms with Crippen molar-refractivity contribution in [2.45, 2.75) is 25.9 Å². The normalized spacial score (nSPS) is 13.1.